The highest BCUT2D eigenvalue weighted by atomic mass is 16.6. The summed E-state index contributed by atoms with van der Waals surface area (Å²) in [6.45, 7) is 5.87. The van der Waals surface area contributed by atoms with E-state index < -0.39 is 11.6 Å². The van der Waals surface area contributed by atoms with Crippen LogP contribution in [0.5, 0.6) is 0 Å². The lowest BCUT2D eigenvalue weighted by molar-refractivity contribution is -0.162. The third-order valence-corrected chi connectivity index (χ3v) is 1.83. The van der Waals surface area contributed by atoms with Gasteiger partial charge in [-0.15, -0.1) is 0 Å². The maximum absolute atomic E-state index is 11.4. The topological polar surface area (TPSA) is 55.4 Å². The van der Waals surface area contributed by atoms with Gasteiger partial charge in [-0.05, 0) is 20.8 Å². The molecule has 4 nitrogen and oxygen atoms in total. The first-order chi connectivity index (χ1) is 5.91. The normalized spacial score (nSPS) is 23.3. The highest BCUT2D eigenvalue weighted by Gasteiger charge is 2.31. The van der Waals surface area contributed by atoms with E-state index in [1.54, 1.807) is 20.8 Å². The third kappa shape index (κ3) is 2.52. The average Bonchev–Trinajstić information content (AvgIpc) is 2.34. The van der Waals surface area contributed by atoms with Crippen LogP contribution in [0.1, 0.15) is 27.2 Å². The molecule has 0 aromatic heterocycles. The Morgan fingerprint density at radius 2 is 2.15 bits per heavy atom. The molecule has 1 unspecified atom stereocenters. The van der Waals surface area contributed by atoms with Gasteiger partial charge in [0.2, 0.25) is 6.23 Å². The van der Waals surface area contributed by atoms with E-state index in [0.717, 1.165) is 0 Å². The van der Waals surface area contributed by atoms with Crippen LogP contribution < -0.4 is 5.32 Å². The number of carbonyl (C=O) groups is 2. The van der Waals surface area contributed by atoms with Crippen molar-refractivity contribution in [3.63, 3.8) is 0 Å². The SMILES string of the molecule is CC(C)(C)C(=O)OC1NCCC1=O. The Labute approximate surface area is 77.6 Å². The summed E-state index contributed by atoms with van der Waals surface area (Å²) < 4.78 is 4.99. The van der Waals surface area contributed by atoms with Crippen molar-refractivity contribution in [1.82, 2.24) is 5.32 Å². The summed E-state index contributed by atoms with van der Waals surface area (Å²) >= 11 is 0. The van der Waals surface area contributed by atoms with E-state index in [1.807, 2.05) is 0 Å². The van der Waals surface area contributed by atoms with Crippen molar-refractivity contribution in [1.29, 1.82) is 0 Å². The molecule has 1 aliphatic rings. The zero-order chi connectivity index (χ0) is 10.1. The number of ketones is 1. The smallest absolute Gasteiger partial charge is 0.313 e. The molecule has 4 heteroatoms. The molecule has 0 aromatic rings. The van der Waals surface area contributed by atoms with Gasteiger partial charge in [0.25, 0.3) is 0 Å². The number of nitrogens with one attached hydrogen (secondary N) is 1. The molecule has 74 valence electrons. The van der Waals surface area contributed by atoms with Gasteiger partial charge < -0.3 is 4.74 Å². The van der Waals surface area contributed by atoms with Crippen LogP contribution in [-0.2, 0) is 14.3 Å². The van der Waals surface area contributed by atoms with E-state index in [-0.39, 0.29) is 11.8 Å². The number of rotatable bonds is 1. The van der Waals surface area contributed by atoms with Gasteiger partial charge in [0.05, 0.1) is 5.41 Å². The van der Waals surface area contributed by atoms with Crippen LogP contribution in [0.15, 0.2) is 0 Å². The molecule has 1 atom stereocenters. The molecular formula is C9H15NO3. The summed E-state index contributed by atoms with van der Waals surface area (Å²) in [5, 5.41) is 2.82. The second-order valence-electron chi connectivity index (χ2n) is 4.21. The minimum absolute atomic E-state index is 0.0439. The van der Waals surface area contributed by atoms with Gasteiger partial charge >= 0.3 is 5.97 Å². The van der Waals surface area contributed by atoms with Gasteiger partial charge in [-0.1, -0.05) is 0 Å². The first kappa shape index (κ1) is 10.2. The van der Waals surface area contributed by atoms with E-state index >= 15 is 0 Å². The summed E-state index contributed by atoms with van der Waals surface area (Å²) in [5.74, 6) is -0.391. The quantitative estimate of drug-likeness (QED) is 0.603. The lowest BCUT2D eigenvalue weighted by atomic mass is 9.97. The fourth-order valence-corrected chi connectivity index (χ4v) is 0.963. The zero-order valence-corrected chi connectivity index (χ0v) is 8.22. The molecule has 1 aliphatic heterocycles. The van der Waals surface area contributed by atoms with Crippen molar-refractivity contribution < 1.29 is 14.3 Å². The van der Waals surface area contributed by atoms with Crippen molar-refractivity contribution in [2.45, 2.75) is 33.4 Å². The summed E-state index contributed by atoms with van der Waals surface area (Å²) in [7, 11) is 0. The molecule has 1 fully saturated rings. The third-order valence-electron chi connectivity index (χ3n) is 1.83. The Hall–Kier alpha value is -0.900. The van der Waals surface area contributed by atoms with Crippen LogP contribution in [-0.4, -0.2) is 24.5 Å². The lowest BCUT2D eigenvalue weighted by Crippen LogP contribution is -2.36. The van der Waals surface area contributed by atoms with E-state index in [0.29, 0.717) is 13.0 Å². The Bertz CT molecular complexity index is 230. The second kappa shape index (κ2) is 3.46. The zero-order valence-electron chi connectivity index (χ0n) is 8.22. The Morgan fingerprint density at radius 1 is 1.54 bits per heavy atom. The fraction of sp³-hybridized carbons (Fsp3) is 0.778. The van der Waals surface area contributed by atoms with Crippen LogP contribution in [0.3, 0.4) is 0 Å². The largest absolute Gasteiger partial charge is 0.439 e. The molecule has 0 aliphatic carbocycles. The number of ether oxygens (including phenoxy) is 1. The first-order valence-corrected chi connectivity index (χ1v) is 4.38. The molecule has 0 spiro atoms. The van der Waals surface area contributed by atoms with Crippen LogP contribution in [0.2, 0.25) is 0 Å². The molecule has 0 radical (unpaired) electrons. The van der Waals surface area contributed by atoms with Crippen LogP contribution in [0.25, 0.3) is 0 Å². The van der Waals surface area contributed by atoms with Crippen LogP contribution >= 0.6 is 0 Å². The van der Waals surface area contributed by atoms with Crippen molar-refractivity contribution in [2.24, 2.45) is 5.41 Å². The summed E-state index contributed by atoms with van der Waals surface area (Å²) in [6.07, 6.45) is -0.269. The predicted molar refractivity (Wildman–Crippen MR) is 47.0 cm³/mol. The van der Waals surface area contributed by atoms with Crippen molar-refractivity contribution in [3.05, 3.63) is 0 Å². The summed E-state index contributed by atoms with van der Waals surface area (Å²) in [4.78, 5) is 22.4. The van der Waals surface area contributed by atoms with Gasteiger partial charge in [0.15, 0.2) is 5.78 Å². The molecule has 1 rings (SSSR count). The van der Waals surface area contributed by atoms with E-state index in [9.17, 15) is 9.59 Å². The van der Waals surface area contributed by atoms with Gasteiger partial charge in [0.1, 0.15) is 0 Å². The van der Waals surface area contributed by atoms with Gasteiger partial charge in [0, 0.05) is 13.0 Å². The molecule has 13 heavy (non-hydrogen) atoms. The van der Waals surface area contributed by atoms with Crippen molar-refractivity contribution >= 4 is 11.8 Å². The number of carbonyl (C=O) groups excluding carboxylic acids is 2. The number of hydrogen-bond donors (Lipinski definition) is 1. The number of hydrogen-bond acceptors (Lipinski definition) is 4. The molecule has 1 N–H and O–H groups in total. The predicted octanol–water partition coefficient (Wildman–Crippen LogP) is 0.464. The average molecular weight is 185 g/mol. The van der Waals surface area contributed by atoms with Crippen molar-refractivity contribution in [2.75, 3.05) is 6.54 Å². The Kier molecular flexibility index (Phi) is 2.71. The maximum atomic E-state index is 11.4. The fourth-order valence-electron chi connectivity index (χ4n) is 0.963. The standard InChI is InChI=1S/C9H15NO3/c1-9(2,3)8(12)13-7-6(11)4-5-10-7/h7,10H,4-5H2,1-3H3. The second-order valence-corrected chi connectivity index (χ2v) is 4.21. The lowest BCUT2D eigenvalue weighted by Gasteiger charge is -2.19. The highest BCUT2D eigenvalue weighted by molar-refractivity contribution is 5.87. The minimum Gasteiger partial charge on any atom is -0.439 e. The van der Waals surface area contributed by atoms with E-state index in [1.165, 1.54) is 0 Å². The van der Waals surface area contributed by atoms with Crippen molar-refractivity contribution in [3.8, 4) is 0 Å². The number of Topliss-reactive ketones (excluding diaryl/α,β-unsaturated/α-hetero) is 1. The molecule has 1 saturated heterocycles. The molecule has 0 saturated carbocycles. The van der Waals surface area contributed by atoms with Gasteiger partial charge in [-0.3, -0.25) is 14.9 Å². The Morgan fingerprint density at radius 3 is 2.54 bits per heavy atom. The van der Waals surface area contributed by atoms with E-state index in [4.69, 9.17) is 4.74 Å². The van der Waals surface area contributed by atoms with Crippen LogP contribution in [0.4, 0.5) is 0 Å². The first-order valence-electron chi connectivity index (χ1n) is 4.38. The van der Waals surface area contributed by atoms with Crippen LogP contribution in [0, 0.1) is 5.41 Å². The number of esters is 1. The Balaban J connectivity index is 2.49. The highest BCUT2D eigenvalue weighted by Crippen LogP contribution is 2.17. The van der Waals surface area contributed by atoms with E-state index in [2.05, 4.69) is 5.32 Å². The molecule has 0 amide bonds. The minimum atomic E-state index is -0.716. The molecular weight excluding hydrogens is 170 g/mol. The molecule has 0 aromatic carbocycles. The molecule has 1 heterocycles. The summed E-state index contributed by atoms with van der Waals surface area (Å²) in [6, 6.07) is 0. The monoisotopic (exact) mass is 185 g/mol. The maximum Gasteiger partial charge on any atom is 0.313 e. The van der Waals surface area contributed by atoms with Gasteiger partial charge in [-0.2, -0.15) is 0 Å². The summed E-state index contributed by atoms with van der Waals surface area (Å²) in [5.41, 5.74) is -0.551. The van der Waals surface area contributed by atoms with Gasteiger partial charge in [-0.25, -0.2) is 0 Å². The molecule has 0 bridgehead atoms.